The second-order valence-electron chi connectivity index (χ2n) is 4.10. The third-order valence-corrected chi connectivity index (χ3v) is 3.92. The number of halogens is 2. The van der Waals surface area contributed by atoms with Gasteiger partial charge in [0.1, 0.15) is 5.82 Å². The first-order chi connectivity index (χ1) is 8.69. The molecule has 0 spiro atoms. The molecule has 2 rings (SSSR count). The van der Waals surface area contributed by atoms with Crippen LogP contribution in [0.5, 0.6) is 0 Å². The van der Waals surface area contributed by atoms with Crippen molar-refractivity contribution >= 4 is 22.9 Å². The maximum absolute atomic E-state index is 13.1. The van der Waals surface area contributed by atoms with Crippen LogP contribution in [0.3, 0.4) is 0 Å². The highest BCUT2D eigenvalue weighted by Crippen LogP contribution is 2.18. The molecule has 0 fully saturated rings. The standard InChI is InChI=1S/C13H14ClFN2S/c14-12-7-9(3-4-13(12)15)6-10(17-16)8-11-2-1-5-18-11/h1-5,7,10,17H,6,8,16H2. The molecule has 3 N–H and O–H groups in total. The Bertz CT molecular complexity index is 502. The third kappa shape index (κ3) is 3.53. The average Bonchev–Trinajstić information content (AvgIpc) is 2.86. The molecule has 1 unspecified atom stereocenters. The van der Waals surface area contributed by atoms with Crippen LogP contribution in [0.15, 0.2) is 35.7 Å². The van der Waals surface area contributed by atoms with Crippen LogP contribution in [-0.2, 0) is 12.8 Å². The molecule has 2 nitrogen and oxygen atoms in total. The predicted molar refractivity (Wildman–Crippen MR) is 74.2 cm³/mol. The minimum Gasteiger partial charge on any atom is -0.271 e. The molecule has 0 bridgehead atoms. The van der Waals surface area contributed by atoms with Gasteiger partial charge in [0.2, 0.25) is 0 Å². The van der Waals surface area contributed by atoms with E-state index in [-0.39, 0.29) is 11.1 Å². The molecule has 0 amide bonds. The van der Waals surface area contributed by atoms with E-state index in [0.29, 0.717) is 6.42 Å². The molecule has 1 heterocycles. The lowest BCUT2D eigenvalue weighted by atomic mass is 10.0. The van der Waals surface area contributed by atoms with Gasteiger partial charge in [-0.25, -0.2) is 4.39 Å². The van der Waals surface area contributed by atoms with Crippen molar-refractivity contribution in [1.29, 1.82) is 0 Å². The highest BCUT2D eigenvalue weighted by molar-refractivity contribution is 7.09. The van der Waals surface area contributed by atoms with Gasteiger partial charge in [-0.1, -0.05) is 23.7 Å². The van der Waals surface area contributed by atoms with E-state index in [4.69, 9.17) is 17.4 Å². The number of nitrogens with one attached hydrogen (secondary N) is 1. The summed E-state index contributed by atoms with van der Waals surface area (Å²) in [7, 11) is 0. The second-order valence-corrected chi connectivity index (χ2v) is 5.54. The Balaban J connectivity index is 2.03. The van der Waals surface area contributed by atoms with Crippen LogP contribution in [0.4, 0.5) is 4.39 Å². The number of rotatable bonds is 5. The van der Waals surface area contributed by atoms with E-state index in [1.165, 1.54) is 10.9 Å². The predicted octanol–water partition coefficient (Wildman–Crippen LogP) is 3.16. The van der Waals surface area contributed by atoms with Crippen molar-refractivity contribution in [2.45, 2.75) is 18.9 Å². The van der Waals surface area contributed by atoms with E-state index in [2.05, 4.69) is 11.5 Å². The number of hydrogen-bond acceptors (Lipinski definition) is 3. The minimum absolute atomic E-state index is 0.116. The number of hydrazine groups is 1. The van der Waals surface area contributed by atoms with Crippen LogP contribution in [0.2, 0.25) is 5.02 Å². The van der Waals surface area contributed by atoms with Gasteiger partial charge >= 0.3 is 0 Å². The van der Waals surface area contributed by atoms with Gasteiger partial charge in [0, 0.05) is 10.9 Å². The van der Waals surface area contributed by atoms with Crippen molar-refractivity contribution in [3.05, 3.63) is 57.0 Å². The van der Waals surface area contributed by atoms with Crippen molar-refractivity contribution in [3.8, 4) is 0 Å². The quantitative estimate of drug-likeness (QED) is 0.654. The summed E-state index contributed by atoms with van der Waals surface area (Å²) in [6.07, 6.45) is 1.57. The van der Waals surface area contributed by atoms with Gasteiger partial charge in [-0.05, 0) is 42.0 Å². The molecule has 0 saturated heterocycles. The summed E-state index contributed by atoms with van der Waals surface area (Å²) in [5.74, 6) is 5.16. The van der Waals surface area contributed by atoms with E-state index >= 15 is 0 Å². The van der Waals surface area contributed by atoms with Gasteiger partial charge in [0.05, 0.1) is 5.02 Å². The Morgan fingerprint density at radius 2 is 2.17 bits per heavy atom. The molecule has 1 atom stereocenters. The Labute approximate surface area is 115 Å². The summed E-state index contributed by atoms with van der Waals surface area (Å²) >= 11 is 7.46. The normalized spacial score (nSPS) is 12.6. The average molecular weight is 285 g/mol. The van der Waals surface area contributed by atoms with E-state index in [9.17, 15) is 4.39 Å². The monoisotopic (exact) mass is 284 g/mol. The van der Waals surface area contributed by atoms with Crippen molar-refractivity contribution in [1.82, 2.24) is 5.43 Å². The maximum atomic E-state index is 13.1. The van der Waals surface area contributed by atoms with E-state index in [1.54, 1.807) is 23.5 Å². The largest absolute Gasteiger partial charge is 0.271 e. The van der Waals surface area contributed by atoms with Crippen molar-refractivity contribution in [2.24, 2.45) is 5.84 Å². The van der Waals surface area contributed by atoms with Gasteiger partial charge < -0.3 is 0 Å². The third-order valence-electron chi connectivity index (χ3n) is 2.73. The molecule has 0 aliphatic carbocycles. The molecule has 1 aromatic heterocycles. The number of hydrogen-bond donors (Lipinski definition) is 2. The maximum Gasteiger partial charge on any atom is 0.141 e. The molecule has 2 aromatic rings. The zero-order chi connectivity index (χ0) is 13.0. The summed E-state index contributed by atoms with van der Waals surface area (Å²) in [5.41, 5.74) is 3.77. The van der Waals surface area contributed by atoms with Crippen LogP contribution in [0.1, 0.15) is 10.4 Å². The van der Waals surface area contributed by atoms with E-state index < -0.39 is 5.82 Å². The topological polar surface area (TPSA) is 38.0 Å². The van der Waals surface area contributed by atoms with E-state index in [0.717, 1.165) is 12.0 Å². The molecular weight excluding hydrogens is 271 g/mol. The molecule has 0 saturated carbocycles. The van der Waals surface area contributed by atoms with Gasteiger partial charge in [-0.3, -0.25) is 11.3 Å². The smallest absolute Gasteiger partial charge is 0.141 e. The van der Waals surface area contributed by atoms with Crippen LogP contribution in [0.25, 0.3) is 0 Å². The lowest BCUT2D eigenvalue weighted by Crippen LogP contribution is -2.38. The highest BCUT2D eigenvalue weighted by atomic mass is 35.5. The number of nitrogens with two attached hydrogens (primary N) is 1. The molecular formula is C13H14ClFN2S. The highest BCUT2D eigenvalue weighted by Gasteiger charge is 2.10. The number of benzene rings is 1. The first kappa shape index (κ1) is 13.5. The number of thiophene rings is 1. The minimum atomic E-state index is -0.393. The van der Waals surface area contributed by atoms with Crippen LogP contribution >= 0.6 is 22.9 Å². The Morgan fingerprint density at radius 1 is 1.33 bits per heavy atom. The first-order valence-corrected chi connectivity index (χ1v) is 6.87. The van der Waals surface area contributed by atoms with Crippen molar-refractivity contribution < 1.29 is 4.39 Å². The molecule has 96 valence electrons. The lowest BCUT2D eigenvalue weighted by Gasteiger charge is -2.15. The molecule has 1 aromatic carbocycles. The molecule has 5 heteroatoms. The molecule has 0 radical (unpaired) electrons. The lowest BCUT2D eigenvalue weighted by molar-refractivity contribution is 0.525. The fourth-order valence-electron chi connectivity index (χ4n) is 1.81. The summed E-state index contributed by atoms with van der Waals surface area (Å²) in [6, 6.07) is 8.98. The Kier molecular flexibility index (Phi) is 4.72. The zero-order valence-corrected chi connectivity index (χ0v) is 11.3. The van der Waals surface area contributed by atoms with Gasteiger partial charge in [0.25, 0.3) is 0 Å². The fourth-order valence-corrected chi connectivity index (χ4v) is 2.80. The Hall–Kier alpha value is -0.940. The molecule has 0 aliphatic heterocycles. The summed E-state index contributed by atoms with van der Waals surface area (Å²) in [6.45, 7) is 0. The summed E-state index contributed by atoms with van der Waals surface area (Å²) < 4.78 is 13.1. The summed E-state index contributed by atoms with van der Waals surface area (Å²) in [5, 5.41) is 2.19. The Morgan fingerprint density at radius 3 is 2.78 bits per heavy atom. The van der Waals surface area contributed by atoms with Crippen molar-refractivity contribution in [3.63, 3.8) is 0 Å². The van der Waals surface area contributed by atoms with Gasteiger partial charge in [-0.2, -0.15) is 0 Å². The van der Waals surface area contributed by atoms with Crippen LogP contribution in [0, 0.1) is 5.82 Å². The van der Waals surface area contributed by atoms with E-state index in [1.807, 2.05) is 11.4 Å². The molecule has 0 aliphatic rings. The second kappa shape index (κ2) is 6.29. The van der Waals surface area contributed by atoms with Gasteiger partial charge in [-0.15, -0.1) is 11.3 Å². The van der Waals surface area contributed by atoms with Crippen molar-refractivity contribution in [2.75, 3.05) is 0 Å². The fraction of sp³-hybridized carbons (Fsp3) is 0.231. The summed E-state index contributed by atoms with van der Waals surface area (Å²) in [4.78, 5) is 1.27. The first-order valence-electron chi connectivity index (χ1n) is 5.61. The zero-order valence-electron chi connectivity index (χ0n) is 9.70. The van der Waals surface area contributed by atoms with Crippen LogP contribution < -0.4 is 11.3 Å². The van der Waals surface area contributed by atoms with Crippen LogP contribution in [-0.4, -0.2) is 6.04 Å². The van der Waals surface area contributed by atoms with Gasteiger partial charge in [0.15, 0.2) is 0 Å². The SMILES string of the molecule is NNC(Cc1ccc(F)c(Cl)c1)Cc1cccs1. The molecule has 18 heavy (non-hydrogen) atoms.